The van der Waals surface area contributed by atoms with E-state index >= 15 is 0 Å². The highest BCUT2D eigenvalue weighted by atomic mass is 32.1. The maximum Gasteiger partial charge on any atom is 0.148 e. The normalized spacial score (nSPS) is 16.4. The van der Waals surface area contributed by atoms with Gasteiger partial charge in [0.05, 0.1) is 5.52 Å². The Morgan fingerprint density at radius 2 is 2.21 bits per heavy atom. The summed E-state index contributed by atoms with van der Waals surface area (Å²) in [7, 11) is 2.12. The lowest BCUT2D eigenvalue weighted by molar-refractivity contribution is 0.313. The SMILES string of the molecule is Cc1csc2cc(F)c3[nH]c4c(c3c12)CN(C)CC4. The van der Waals surface area contributed by atoms with Crippen LogP contribution < -0.4 is 0 Å². The van der Waals surface area contributed by atoms with Crippen molar-refractivity contribution in [2.45, 2.75) is 19.9 Å². The van der Waals surface area contributed by atoms with Crippen molar-refractivity contribution in [2.75, 3.05) is 13.6 Å². The van der Waals surface area contributed by atoms with Gasteiger partial charge in [-0.2, -0.15) is 0 Å². The summed E-state index contributed by atoms with van der Waals surface area (Å²) in [4.78, 5) is 5.62. The molecule has 1 aliphatic heterocycles. The minimum atomic E-state index is -0.124. The second kappa shape index (κ2) is 3.81. The van der Waals surface area contributed by atoms with Gasteiger partial charge in [-0.15, -0.1) is 11.3 Å². The summed E-state index contributed by atoms with van der Waals surface area (Å²) < 4.78 is 15.3. The molecule has 0 spiro atoms. The topological polar surface area (TPSA) is 19.0 Å². The predicted molar refractivity (Wildman–Crippen MR) is 78.4 cm³/mol. The maximum absolute atomic E-state index is 14.3. The summed E-state index contributed by atoms with van der Waals surface area (Å²) in [6.07, 6.45) is 0.977. The first-order chi connectivity index (χ1) is 9.15. The van der Waals surface area contributed by atoms with Crippen LogP contribution in [0.2, 0.25) is 0 Å². The minimum Gasteiger partial charge on any atom is -0.356 e. The van der Waals surface area contributed by atoms with Crippen molar-refractivity contribution in [1.29, 1.82) is 0 Å². The molecule has 2 nitrogen and oxygen atoms in total. The molecule has 98 valence electrons. The highest BCUT2D eigenvalue weighted by molar-refractivity contribution is 7.17. The molecule has 1 aromatic carbocycles. The molecule has 0 atom stereocenters. The Morgan fingerprint density at radius 1 is 1.37 bits per heavy atom. The molecule has 0 aliphatic carbocycles. The fraction of sp³-hybridized carbons (Fsp3) is 0.333. The Bertz CT molecular complexity index is 800. The first-order valence-corrected chi connectivity index (χ1v) is 7.41. The van der Waals surface area contributed by atoms with Crippen molar-refractivity contribution >= 4 is 32.3 Å². The van der Waals surface area contributed by atoms with Crippen LogP contribution >= 0.6 is 11.3 Å². The van der Waals surface area contributed by atoms with Gasteiger partial charge in [-0.1, -0.05) is 0 Å². The Hall–Kier alpha value is -1.39. The number of nitrogens with zero attached hydrogens (tertiary/aromatic N) is 1. The van der Waals surface area contributed by atoms with E-state index in [1.54, 1.807) is 17.4 Å². The third-order valence-electron chi connectivity index (χ3n) is 4.11. The highest BCUT2D eigenvalue weighted by Gasteiger charge is 2.22. The van der Waals surface area contributed by atoms with Gasteiger partial charge in [0.2, 0.25) is 0 Å². The largest absolute Gasteiger partial charge is 0.356 e. The van der Waals surface area contributed by atoms with Crippen LogP contribution in [0.15, 0.2) is 11.4 Å². The first kappa shape index (κ1) is 11.4. The van der Waals surface area contributed by atoms with Crippen molar-refractivity contribution in [3.63, 3.8) is 0 Å². The number of hydrogen-bond acceptors (Lipinski definition) is 2. The van der Waals surface area contributed by atoms with Gasteiger partial charge in [0, 0.05) is 40.7 Å². The first-order valence-electron chi connectivity index (χ1n) is 6.53. The molecule has 19 heavy (non-hydrogen) atoms. The van der Waals surface area contributed by atoms with Crippen LogP contribution in [-0.4, -0.2) is 23.5 Å². The average molecular weight is 274 g/mol. The third-order valence-corrected chi connectivity index (χ3v) is 5.16. The number of nitrogens with one attached hydrogen (secondary N) is 1. The summed E-state index contributed by atoms with van der Waals surface area (Å²) in [5.74, 6) is -0.124. The van der Waals surface area contributed by atoms with Crippen LogP contribution in [0, 0.1) is 12.7 Å². The Balaban J connectivity index is 2.20. The van der Waals surface area contributed by atoms with Crippen molar-refractivity contribution in [3.8, 4) is 0 Å². The van der Waals surface area contributed by atoms with Crippen molar-refractivity contribution in [2.24, 2.45) is 0 Å². The van der Waals surface area contributed by atoms with Gasteiger partial charge in [-0.3, -0.25) is 0 Å². The summed E-state index contributed by atoms with van der Waals surface area (Å²) in [5, 5.41) is 4.46. The molecule has 0 unspecified atom stereocenters. The van der Waals surface area contributed by atoms with E-state index in [-0.39, 0.29) is 5.82 Å². The van der Waals surface area contributed by atoms with Crippen molar-refractivity contribution in [1.82, 2.24) is 9.88 Å². The second-order valence-electron chi connectivity index (χ2n) is 5.47. The van der Waals surface area contributed by atoms with E-state index in [9.17, 15) is 4.39 Å². The summed E-state index contributed by atoms with van der Waals surface area (Å²) in [6, 6.07) is 1.67. The van der Waals surface area contributed by atoms with Gasteiger partial charge >= 0.3 is 0 Å². The molecule has 4 heteroatoms. The van der Waals surface area contributed by atoms with Crippen LogP contribution in [0.1, 0.15) is 16.8 Å². The Kier molecular flexibility index (Phi) is 2.29. The lowest BCUT2D eigenvalue weighted by Gasteiger charge is -2.22. The van der Waals surface area contributed by atoms with Crippen LogP contribution in [0.25, 0.3) is 21.0 Å². The van der Waals surface area contributed by atoms with Crippen molar-refractivity contribution in [3.05, 3.63) is 34.1 Å². The average Bonchev–Trinajstić information content (AvgIpc) is 2.91. The molecule has 0 fully saturated rings. The number of fused-ring (bicyclic) bond motifs is 5. The summed E-state index contributed by atoms with van der Waals surface area (Å²) in [6.45, 7) is 4.05. The quantitative estimate of drug-likeness (QED) is 0.660. The minimum absolute atomic E-state index is 0.124. The van der Waals surface area contributed by atoms with Gasteiger partial charge in [-0.05, 0) is 36.5 Å². The number of H-pyrrole nitrogens is 1. The number of rotatable bonds is 0. The molecule has 1 N–H and O–H groups in total. The van der Waals surface area contributed by atoms with Crippen molar-refractivity contribution < 1.29 is 4.39 Å². The van der Waals surface area contributed by atoms with E-state index in [1.807, 2.05) is 0 Å². The van der Waals surface area contributed by atoms with Gasteiger partial charge in [0.1, 0.15) is 5.82 Å². The van der Waals surface area contributed by atoms with E-state index in [0.717, 1.165) is 29.6 Å². The molecule has 0 saturated heterocycles. The molecular weight excluding hydrogens is 259 g/mol. The van der Waals surface area contributed by atoms with Crippen LogP contribution in [0.4, 0.5) is 4.39 Å². The highest BCUT2D eigenvalue weighted by Crippen LogP contribution is 2.38. The maximum atomic E-state index is 14.3. The number of benzene rings is 1. The van der Waals surface area contributed by atoms with E-state index in [4.69, 9.17) is 0 Å². The number of thiophene rings is 1. The molecule has 0 amide bonds. The molecule has 2 aromatic heterocycles. The van der Waals surface area contributed by atoms with E-state index < -0.39 is 0 Å². The second-order valence-corrected chi connectivity index (χ2v) is 6.38. The fourth-order valence-electron chi connectivity index (χ4n) is 3.16. The molecular formula is C15H15FN2S. The molecule has 0 bridgehead atoms. The predicted octanol–water partition coefficient (Wildman–Crippen LogP) is 3.82. The third kappa shape index (κ3) is 1.50. The molecule has 0 radical (unpaired) electrons. The summed E-state index contributed by atoms with van der Waals surface area (Å²) in [5.41, 5.74) is 4.44. The molecule has 4 rings (SSSR count). The van der Waals surface area contributed by atoms with Crippen LogP contribution in [0.3, 0.4) is 0 Å². The number of likely N-dealkylation sites (N-methyl/N-ethyl adjacent to an activating group) is 1. The Labute approximate surface area is 114 Å². The zero-order valence-electron chi connectivity index (χ0n) is 11.0. The van der Waals surface area contributed by atoms with Crippen LogP contribution in [0.5, 0.6) is 0 Å². The lowest BCUT2D eigenvalue weighted by atomic mass is 10.0. The Morgan fingerprint density at radius 3 is 3.05 bits per heavy atom. The van der Waals surface area contributed by atoms with Gasteiger partial charge in [-0.25, -0.2) is 4.39 Å². The number of aromatic nitrogens is 1. The molecule has 1 aliphatic rings. The zero-order chi connectivity index (χ0) is 13.1. The van der Waals surface area contributed by atoms with Gasteiger partial charge in [0.15, 0.2) is 0 Å². The molecule has 3 heterocycles. The van der Waals surface area contributed by atoms with E-state index in [1.165, 1.54) is 22.2 Å². The monoisotopic (exact) mass is 274 g/mol. The number of aryl methyl sites for hydroxylation is 1. The summed E-state index contributed by atoms with van der Waals surface area (Å²) >= 11 is 1.63. The number of aromatic amines is 1. The zero-order valence-corrected chi connectivity index (χ0v) is 11.8. The number of hydrogen-bond donors (Lipinski definition) is 1. The number of halogens is 1. The smallest absolute Gasteiger partial charge is 0.148 e. The van der Waals surface area contributed by atoms with Gasteiger partial charge < -0.3 is 9.88 Å². The standard InChI is InChI=1S/C15H15FN2S/c1-8-7-19-12-5-10(16)15-14(13(8)12)9-6-18(2)4-3-11(9)17-15/h5,7,17H,3-4,6H2,1-2H3. The molecule has 3 aromatic rings. The van der Waals surface area contributed by atoms with E-state index in [0.29, 0.717) is 5.52 Å². The fourth-order valence-corrected chi connectivity index (χ4v) is 4.14. The van der Waals surface area contributed by atoms with Gasteiger partial charge in [0.25, 0.3) is 0 Å². The van der Waals surface area contributed by atoms with Crippen LogP contribution in [-0.2, 0) is 13.0 Å². The van der Waals surface area contributed by atoms with E-state index in [2.05, 4.69) is 29.2 Å². The lowest BCUT2D eigenvalue weighted by Crippen LogP contribution is -2.26. The molecule has 0 saturated carbocycles.